The highest BCUT2D eigenvalue weighted by molar-refractivity contribution is 6.02. The molecule has 0 saturated heterocycles. The van der Waals surface area contributed by atoms with Crippen LogP contribution in [0.2, 0.25) is 0 Å². The van der Waals surface area contributed by atoms with Crippen LogP contribution in [0.15, 0.2) is 22.8 Å². The predicted molar refractivity (Wildman–Crippen MR) is 110 cm³/mol. The van der Waals surface area contributed by atoms with Gasteiger partial charge in [-0.1, -0.05) is 25.7 Å². The van der Waals surface area contributed by atoms with Crippen molar-refractivity contribution in [1.29, 1.82) is 0 Å². The van der Waals surface area contributed by atoms with Gasteiger partial charge in [0.2, 0.25) is 5.91 Å². The van der Waals surface area contributed by atoms with Crippen molar-refractivity contribution in [1.82, 2.24) is 14.8 Å². The molecule has 29 heavy (non-hydrogen) atoms. The Morgan fingerprint density at radius 3 is 2.79 bits per heavy atom. The second-order valence-corrected chi connectivity index (χ2v) is 8.52. The smallest absolute Gasteiger partial charge is 0.271 e. The van der Waals surface area contributed by atoms with Crippen molar-refractivity contribution in [2.75, 3.05) is 20.3 Å². The summed E-state index contributed by atoms with van der Waals surface area (Å²) in [6.07, 6.45) is 9.10. The number of methoxy groups -OCH3 is 1. The highest BCUT2D eigenvalue weighted by Crippen LogP contribution is 2.33. The molecular weight excluding hydrogens is 370 g/mol. The minimum Gasteiger partial charge on any atom is -0.463 e. The van der Waals surface area contributed by atoms with Crippen LogP contribution < -0.4 is 5.32 Å². The fourth-order valence-electron chi connectivity index (χ4n) is 4.75. The third-order valence-corrected chi connectivity index (χ3v) is 6.46. The number of furan rings is 1. The molecule has 3 heterocycles. The summed E-state index contributed by atoms with van der Waals surface area (Å²) in [4.78, 5) is 28.6. The molecule has 1 atom stereocenters. The zero-order valence-corrected chi connectivity index (χ0v) is 17.4. The van der Waals surface area contributed by atoms with E-state index in [1.165, 1.54) is 12.8 Å². The van der Waals surface area contributed by atoms with Crippen LogP contribution in [0.5, 0.6) is 0 Å². The first-order valence-electron chi connectivity index (χ1n) is 10.7. The first-order chi connectivity index (χ1) is 14.0. The van der Waals surface area contributed by atoms with Crippen LogP contribution in [0.1, 0.15) is 62.4 Å². The molecule has 7 nitrogen and oxygen atoms in total. The summed E-state index contributed by atoms with van der Waals surface area (Å²) in [5, 5.41) is 3.27. The maximum Gasteiger partial charge on any atom is 0.271 e. The Kier molecular flexibility index (Phi) is 5.67. The van der Waals surface area contributed by atoms with Crippen LogP contribution >= 0.6 is 0 Å². The van der Waals surface area contributed by atoms with Crippen molar-refractivity contribution >= 4 is 22.9 Å². The van der Waals surface area contributed by atoms with Gasteiger partial charge in [-0.2, -0.15) is 0 Å². The second-order valence-electron chi connectivity index (χ2n) is 8.52. The average Bonchev–Trinajstić information content (AvgIpc) is 3.19. The number of nitrogens with one attached hydrogen (secondary N) is 1. The molecule has 1 fully saturated rings. The topological polar surface area (TPSA) is 76.7 Å². The van der Waals surface area contributed by atoms with E-state index in [4.69, 9.17) is 9.15 Å². The molecule has 2 aromatic rings. The number of rotatable bonds is 6. The lowest BCUT2D eigenvalue weighted by Gasteiger charge is -2.44. The van der Waals surface area contributed by atoms with Crippen molar-refractivity contribution in [3.8, 4) is 0 Å². The van der Waals surface area contributed by atoms with Crippen LogP contribution in [0, 0.1) is 0 Å². The number of hydrogen-bond acceptors (Lipinski definition) is 4. The molecule has 0 spiro atoms. The van der Waals surface area contributed by atoms with E-state index in [-0.39, 0.29) is 17.9 Å². The standard InChI is InChI=1S/C22H31N3O4/c1-22(21(27)23-16-8-5-3-4-6-9-16)15-24-17-10-13-29-19(17)14-18(24)20(26)25(22)11-7-12-28-2/h10,13-14,16H,3-9,11-12,15H2,1-2H3,(H,23,27)/t22-/m0/s1. The summed E-state index contributed by atoms with van der Waals surface area (Å²) in [5.74, 6) is -0.191. The normalized spacial score (nSPS) is 23.2. The quantitative estimate of drug-likeness (QED) is 0.595. The molecule has 1 saturated carbocycles. The summed E-state index contributed by atoms with van der Waals surface area (Å²) in [5.41, 5.74) is 1.17. The van der Waals surface area contributed by atoms with Crippen LogP contribution in [0.25, 0.3) is 11.1 Å². The first kappa shape index (κ1) is 20.0. The van der Waals surface area contributed by atoms with Gasteiger partial charge in [0.05, 0.1) is 18.3 Å². The molecule has 0 aromatic carbocycles. The van der Waals surface area contributed by atoms with E-state index in [9.17, 15) is 9.59 Å². The van der Waals surface area contributed by atoms with Gasteiger partial charge in [-0.15, -0.1) is 0 Å². The fourth-order valence-corrected chi connectivity index (χ4v) is 4.75. The molecule has 0 radical (unpaired) electrons. The maximum absolute atomic E-state index is 13.5. The number of nitrogens with zero attached hydrogens (tertiary/aromatic N) is 2. The van der Waals surface area contributed by atoms with E-state index >= 15 is 0 Å². The molecule has 2 amide bonds. The van der Waals surface area contributed by atoms with Gasteiger partial charge >= 0.3 is 0 Å². The maximum atomic E-state index is 13.5. The van der Waals surface area contributed by atoms with Crippen molar-refractivity contribution < 1.29 is 18.7 Å². The van der Waals surface area contributed by atoms with E-state index in [0.717, 1.165) is 31.2 Å². The van der Waals surface area contributed by atoms with Gasteiger partial charge in [-0.25, -0.2) is 0 Å². The van der Waals surface area contributed by atoms with E-state index in [0.29, 0.717) is 37.4 Å². The molecule has 1 aliphatic carbocycles. The Bertz CT molecular complexity index is 878. The number of fused-ring (bicyclic) bond motifs is 3. The van der Waals surface area contributed by atoms with Crippen LogP contribution in [-0.4, -0.2) is 53.1 Å². The van der Waals surface area contributed by atoms with Gasteiger partial charge < -0.3 is 23.9 Å². The lowest BCUT2D eigenvalue weighted by atomic mass is 9.93. The highest BCUT2D eigenvalue weighted by atomic mass is 16.5. The lowest BCUT2D eigenvalue weighted by Crippen LogP contribution is -2.65. The average molecular weight is 402 g/mol. The molecule has 4 rings (SSSR count). The summed E-state index contributed by atoms with van der Waals surface area (Å²) < 4.78 is 12.6. The SMILES string of the molecule is COCCCN1C(=O)c2cc3occc3n2C[C@@]1(C)C(=O)NC1CCCCCC1. The van der Waals surface area contributed by atoms with Gasteiger partial charge in [0, 0.05) is 38.4 Å². The zero-order chi connectivity index (χ0) is 20.4. The van der Waals surface area contributed by atoms with E-state index in [1.54, 1.807) is 24.3 Å². The number of ether oxygens (including phenoxy) is 1. The van der Waals surface area contributed by atoms with Crippen molar-refractivity contribution in [3.05, 3.63) is 24.1 Å². The molecule has 1 aliphatic heterocycles. The van der Waals surface area contributed by atoms with E-state index < -0.39 is 5.54 Å². The molecule has 2 aromatic heterocycles. The van der Waals surface area contributed by atoms with Gasteiger partial charge in [0.15, 0.2) is 5.58 Å². The Morgan fingerprint density at radius 1 is 1.31 bits per heavy atom. The van der Waals surface area contributed by atoms with Gasteiger partial charge in [0.25, 0.3) is 5.91 Å². The van der Waals surface area contributed by atoms with Crippen LogP contribution in [-0.2, 0) is 16.1 Å². The van der Waals surface area contributed by atoms with Crippen molar-refractivity contribution in [2.24, 2.45) is 0 Å². The Labute approximate surface area is 171 Å². The highest BCUT2D eigenvalue weighted by Gasteiger charge is 2.48. The van der Waals surface area contributed by atoms with Crippen molar-refractivity contribution in [2.45, 2.75) is 70.0 Å². The van der Waals surface area contributed by atoms with E-state index in [2.05, 4.69) is 5.32 Å². The molecule has 2 aliphatic rings. The Morgan fingerprint density at radius 2 is 2.07 bits per heavy atom. The molecular formula is C22H31N3O4. The molecule has 0 bridgehead atoms. The summed E-state index contributed by atoms with van der Waals surface area (Å²) in [6.45, 7) is 3.34. The van der Waals surface area contributed by atoms with E-state index in [1.807, 2.05) is 17.6 Å². The minimum absolute atomic E-state index is 0.0637. The monoisotopic (exact) mass is 401 g/mol. The number of hydrogen-bond donors (Lipinski definition) is 1. The Hall–Kier alpha value is -2.28. The second kappa shape index (κ2) is 8.22. The van der Waals surface area contributed by atoms with Crippen molar-refractivity contribution in [3.63, 3.8) is 0 Å². The largest absolute Gasteiger partial charge is 0.463 e. The summed E-state index contributed by atoms with van der Waals surface area (Å²) in [6, 6.07) is 3.83. The molecule has 1 N–H and O–H groups in total. The molecule has 7 heteroatoms. The number of carbonyl (C=O) groups is 2. The summed E-state index contributed by atoms with van der Waals surface area (Å²) in [7, 11) is 1.65. The van der Waals surface area contributed by atoms with Gasteiger partial charge in [-0.05, 0) is 26.2 Å². The third kappa shape index (κ3) is 3.68. The molecule has 158 valence electrons. The number of carbonyl (C=O) groups excluding carboxylic acids is 2. The lowest BCUT2D eigenvalue weighted by molar-refractivity contribution is -0.133. The zero-order valence-electron chi connectivity index (χ0n) is 17.4. The first-order valence-corrected chi connectivity index (χ1v) is 10.7. The van der Waals surface area contributed by atoms with Crippen LogP contribution in [0.3, 0.4) is 0 Å². The predicted octanol–water partition coefficient (Wildman–Crippen LogP) is 3.32. The third-order valence-electron chi connectivity index (χ3n) is 6.46. The summed E-state index contributed by atoms with van der Waals surface area (Å²) >= 11 is 0. The minimum atomic E-state index is -0.951. The van der Waals surface area contributed by atoms with Gasteiger partial charge in [-0.3, -0.25) is 9.59 Å². The molecule has 0 unspecified atom stereocenters. The number of aromatic nitrogens is 1. The van der Waals surface area contributed by atoms with Gasteiger partial charge in [0.1, 0.15) is 11.2 Å². The fraction of sp³-hybridized carbons (Fsp3) is 0.636. The Balaban J connectivity index is 1.64. The number of amides is 2. The van der Waals surface area contributed by atoms with Crippen LogP contribution in [0.4, 0.5) is 0 Å².